The first kappa shape index (κ1) is 43.1. The van der Waals surface area contributed by atoms with E-state index in [1.165, 1.54) is 21.3 Å². The van der Waals surface area contributed by atoms with E-state index in [9.17, 15) is 19.2 Å². The van der Waals surface area contributed by atoms with Crippen molar-refractivity contribution in [2.24, 2.45) is 17.8 Å². The van der Waals surface area contributed by atoms with E-state index in [0.717, 1.165) is 12.0 Å². The lowest BCUT2D eigenvalue weighted by Crippen LogP contribution is -2.59. The van der Waals surface area contributed by atoms with Crippen molar-refractivity contribution in [3.63, 3.8) is 0 Å². The highest BCUT2D eigenvalue weighted by molar-refractivity contribution is 5.90. The van der Waals surface area contributed by atoms with Gasteiger partial charge < -0.3 is 45.1 Å². The summed E-state index contributed by atoms with van der Waals surface area (Å²) in [5, 5.41) is 11.8. The number of amides is 4. The van der Waals surface area contributed by atoms with Gasteiger partial charge in [0, 0.05) is 41.5 Å². The second-order valence-corrected chi connectivity index (χ2v) is 13.9. The molecule has 0 spiro atoms. The van der Waals surface area contributed by atoms with Crippen LogP contribution in [0.3, 0.4) is 0 Å². The maximum absolute atomic E-state index is 14.0. The highest BCUT2D eigenvalue weighted by Crippen LogP contribution is 2.27. The first-order chi connectivity index (χ1) is 23.7. The summed E-state index contributed by atoms with van der Waals surface area (Å²) < 4.78 is 23.3. The van der Waals surface area contributed by atoms with Crippen molar-refractivity contribution in [1.29, 1.82) is 0 Å². The number of hydrogen-bond donors (Lipinski definition) is 4. The topological polar surface area (TPSA) is 157 Å². The molecule has 50 heavy (non-hydrogen) atoms. The Balaban J connectivity index is 2.10. The lowest BCUT2D eigenvalue weighted by Gasteiger charge is -2.40. The second-order valence-electron chi connectivity index (χ2n) is 13.9. The molecule has 0 bridgehead atoms. The Kier molecular flexibility index (Phi) is 18.4. The van der Waals surface area contributed by atoms with Gasteiger partial charge in [-0.3, -0.25) is 19.2 Å². The monoisotopic (exact) mass is 705 g/mol. The Morgan fingerprint density at radius 3 is 2.04 bits per heavy atom. The maximum atomic E-state index is 14.0. The molecule has 0 saturated carbocycles. The zero-order chi connectivity index (χ0) is 37.5. The summed E-state index contributed by atoms with van der Waals surface area (Å²) in [7, 11) is 7.97. The zero-order valence-corrected chi connectivity index (χ0v) is 32.0. The van der Waals surface area contributed by atoms with Gasteiger partial charge in [-0.25, -0.2) is 0 Å². The predicted octanol–water partition coefficient (Wildman–Crippen LogP) is 1.92. The van der Waals surface area contributed by atoms with E-state index in [2.05, 4.69) is 21.3 Å². The van der Waals surface area contributed by atoms with Gasteiger partial charge in [0.25, 0.3) is 5.91 Å². The number of carbonyl (C=O) groups excluding carboxylic acids is 4. The standard InChI is InChI=1S/C37H63N5O8/c1-12-24(6)31(42(8)37(46)30(23(4)5)41-35(44)29(38-7)22(2)3)26(47-9)20-28(43)40-21-27-32(48-10)33(49-11)34(50-27)36(45)39-19-18-25-16-14-13-15-17-25/h13-17,22-24,26-27,29-34,38H,12,18-21H2,1-11H3,(H,39,45)(H,40,43)(H,41,44)/t24-,26+,27?,29-,30-,31?,32+,33-,34+/m0/s1. The minimum Gasteiger partial charge on any atom is -0.379 e. The van der Waals surface area contributed by atoms with Crippen LogP contribution in [0.4, 0.5) is 0 Å². The van der Waals surface area contributed by atoms with Crippen molar-refractivity contribution in [2.45, 2.75) is 109 Å². The smallest absolute Gasteiger partial charge is 0.251 e. The van der Waals surface area contributed by atoms with E-state index in [1.807, 2.05) is 71.9 Å². The largest absolute Gasteiger partial charge is 0.379 e. The van der Waals surface area contributed by atoms with E-state index in [0.29, 0.717) is 13.0 Å². The third kappa shape index (κ3) is 11.7. The third-order valence-corrected chi connectivity index (χ3v) is 9.75. The quantitative estimate of drug-likeness (QED) is 0.150. The molecule has 1 heterocycles. The number of methoxy groups -OCH3 is 3. The van der Waals surface area contributed by atoms with Crippen LogP contribution in [-0.4, -0.2) is 126 Å². The van der Waals surface area contributed by atoms with Crippen LogP contribution in [0.25, 0.3) is 0 Å². The van der Waals surface area contributed by atoms with Crippen molar-refractivity contribution in [1.82, 2.24) is 26.2 Å². The molecular formula is C37H63N5O8. The van der Waals surface area contributed by atoms with Crippen LogP contribution in [0, 0.1) is 17.8 Å². The number of likely N-dealkylation sites (N-methyl/N-ethyl adjacent to an activating group) is 2. The van der Waals surface area contributed by atoms with E-state index >= 15 is 0 Å². The molecule has 13 nitrogen and oxygen atoms in total. The first-order valence-corrected chi connectivity index (χ1v) is 17.8. The lowest BCUT2D eigenvalue weighted by molar-refractivity contribution is -0.144. The molecule has 9 atom stereocenters. The number of nitrogens with one attached hydrogen (secondary N) is 4. The van der Waals surface area contributed by atoms with Crippen LogP contribution in [0.5, 0.6) is 0 Å². The van der Waals surface area contributed by atoms with Crippen molar-refractivity contribution in [3.8, 4) is 0 Å². The maximum Gasteiger partial charge on any atom is 0.251 e. The molecule has 284 valence electrons. The summed E-state index contributed by atoms with van der Waals surface area (Å²) in [5.41, 5.74) is 1.11. The van der Waals surface area contributed by atoms with Crippen molar-refractivity contribution < 1.29 is 38.1 Å². The number of ether oxygens (including phenoxy) is 4. The summed E-state index contributed by atoms with van der Waals surface area (Å²) in [6, 6.07) is 8.19. The Morgan fingerprint density at radius 1 is 0.900 bits per heavy atom. The van der Waals surface area contributed by atoms with E-state index in [-0.39, 0.29) is 54.3 Å². The minimum atomic E-state index is -0.915. The Bertz CT molecular complexity index is 1200. The molecule has 2 rings (SSSR count). The van der Waals surface area contributed by atoms with Crippen LogP contribution in [0.15, 0.2) is 30.3 Å². The van der Waals surface area contributed by atoms with Crippen molar-refractivity contribution in [3.05, 3.63) is 35.9 Å². The number of nitrogens with zero attached hydrogens (tertiary/aromatic N) is 1. The minimum absolute atomic E-state index is 0.0226. The fraction of sp³-hybridized carbons (Fsp3) is 0.730. The fourth-order valence-corrected chi connectivity index (χ4v) is 6.66. The highest BCUT2D eigenvalue weighted by Gasteiger charge is 2.48. The lowest BCUT2D eigenvalue weighted by atomic mass is 9.89. The normalized spacial score (nSPS) is 22.0. The molecule has 1 aliphatic heterocycles. The third-order valence-electron chi connectivity index (χ3n) is 9.75. The van der Waals surface area contributed by atoms with E-state index in [1.54, 1.807) is 19.0 Å². The van der Waals surface area contributed by atoms with Gasteiger partial charge in [-0.15, -0.1) is 0 Å². The zero-order valence-electron chi connectivity index (χ0n) is 32.0. The van der Waals surface area contributed by atoms with Gasteiger partial charge in [-0.2, -0.15) is 0 Å². The molecule has 1 aliphatic rings. The highest BCUT2D eigenvalue weighted by atomic mass is 16.6. The van der Waals surface area contributed by atoms with Crippen molar-refractivity contribution in [2.75, 3.05) is 48.5 Å². The number of hydrogen-bond acceptors (Lipinski definition) is 9. The van der Waals surface area contributed by atoms with Gasteiger partial charge in [0.05, 0.1) is 24.6 Å². The molecule has 0 radical (unpaired) electrons. The molecule has 4 amide bonds. The summed E-state index contributed by atoms with van der Waals surface area (Å²) in [6.45, 7) is 12.2. The molecule has 2 unspecified atom stereocenters. The average Bonchev–Trinajstić information content (AvgIpc) is 3.46. The number of benzene rings is 1. The molecule has 13 heteroatoms. The van der Waals surface area contributed by atoms with Crippen LogP contribution in [0.1, 0.15) is 59.9 Å². The first-order valence-electron chi connectivity index (χ1n) is 17.8. The van der Waals surface area contributed by atoms with E-state index < -0.39 is 48.6 Å². The van der Waals surface area contributed by atoms with Crippen LogP contribution in [-0.2, 0) is 44.5 Å². The number of carbonyl (C=O) groups is 4. The fourth-order valence-electron chi connectivity index (χ4n) is 6.66. The molecule has 1 fully saturated rings. The molecular weight excluding hydrogens is 642 g/mol. The molecule has 4 N–H and O–H groups in total. The summed E-state index contributed by atoms with van der Waals surface area (Å²) >= 11 is 0. The van der Waals surface area contributed by atoms with Crippen LogP contribution >= 0.6 is 0 Å². The Hall–Kier alpha value is -3.10. The Labute approximate surface area is 299 Å². The van der Waals surface area contributed by atoms with Gasteiger partial charge in [0.15, 0.2) is 6.10 Å². The van der Waals surface area contributed by atoms with Crippen LogP contribution < -0.4 is 21.3 Å². The summed E-state index contributed by atoms with van der Waals surface area (Å²) in [4.78, 5) is 55.2. The van der Waals surface area contributed by atoms with Gasteiger partial charge in [0.1, 0.15) is 24.4 Å². The second kappa shape index (κ2) is 21.3. The molecule has 1 saturated heterocycles. The predicted molar refractivity (Wildman–Crippen MR) is 192 cm³/mol. The number of rotatable bonds is 21. The van der Waals surface area contributed by atoms with Crippen LogP contribution in [0.2, 0.25) is 0 Å². The molecule has 0 aliphatic carbocycles. The van der Waals surface area contributed by atoms with Gasteiger partial charge in [-0.05, 0) is 36.8 Å². The average molecular weight is 706 g/mol. The Morgan fingerprint density at radius 2 is 1.52 bits per heavy atom. The van der Waals surface area contributed by atoms with Crippen molar-refractivity contribution >= 4 is 23.6 Å². The molecule has 1 aromatic rings. The summed E-state index contributed by atoms with van der Waals surface area (Å²) in [5.74, 6) is -1.27. The van der Waals surface area contributed by atoms with Gasteiger partial charge in [-0.1, -0.05) is 78.3 Å². The molecule has 0 aromatic heterocycles. The van der Waals surface area contributed by atoms with Gasteiger partial charge in [0.2, 0.25) is 17.7 Å². The van der Waals surface area contributed by atoms with E-state index in [4.69, 9.17) is 18.9 Å². The summed E-state index contributed by atoms with van der Waals surface area (Å²) in [6.07, 6.45) is -2.08. The SMILES string of the molecule is CC[C@H](C)C([C@@H](CC(=O)NCC1O[C@@H](C(=O)NCCc2ccccc2)[C@@H](OC)[C@@H]1OC)OC)N(C)C(=O)[C@@H](NC(=O)[C@@H](NC)C(C)C)C(C)C. The van der Waals surface area contributed by atoms with Gasteiger partial charge >= 0.3 is 0 Å². The molecule has 1 aromatic carbocycles.